The van der Waals surface area contributed by atoms with Crippen molar-refractivity contribution in [1.29, 1.82) is 0 Å². The number of carbonyl (C=O) groups excluding carboxylic acids is 2. The Morgan fingerprint density at radius 3 is 1.82 bits per heavy atom. The number of benzene rings is 2. The van der Waals surface area contributed by atoms with E-state index in [1.165, 1.54) is 30.4 Å². The minimum Gasteiger partial charge on any atom is -0.490 e. The number of nitrogens with one attached hydrogen (secondary N) is 1. The molecule has 10 heteroatoms. The second kappa shape index (κ2) is 18.9. The summed E-state index contributed by atoms with van der Waals surface area (Å²) in [7, 11) is 0. The number of Topliss-reactive ketones (excluding diaryl/α,β-unsaturated/α-hetero) is 2. The van der Waals surface area contributed by atoms with Crippen molar-refractivity contribution in [3.63, 3.8) is 0 Å². The van der Waals surface area contributed by atoms with Gasteiger partial charge in [-0.1, -0.05) is 44.5 Å². The Morgan fingerprint density at radius 1 is 0.796 bits per heavy atom. The van der Waals surface area contributed by atoms with Gasteiger partial charge in [0.15, 0.2) is 5.75 Å². The van der Waals surface area contributed by atoms with Gasteiger partial charge in [0, 0.05) is 32.4 Å². The topological polar surface area (TPSA) is 103 Å². The maximum absolute atomic E-state index is 11.3. The van der Waals surface area contributed by atoms with Gasteiger partial charge in [-0.05, 0) is 92.8 Å². The molecule has 1 saturated carbocycles. The van der Waals surface area contributed by atoms with Gasteiger partial charge in [0.1, 0.15) is 35.3 Å². The Kier molecular flexibility index (Phi) is 14.7. The van der Waals surface area contributed by atoms with Crippen LogP contribution in [0.1, 0.15) is 95.6 Å². The van der Waals surface area contributed by atoms with E-state index in [0.29, 0.717) is 24.9 Å². The van der Waals surface area contributed by atoms with E-state index >= 15 is 0 Å². The van der Waals surface area contributed by atoms with Crippen molar-refractivity contribution >= 4 is 29.9 Å². The van der Waals surface area contributed by atoms with Gasteiger partial charge in [-0.15, -0.1) is 12.4 Å². The van der Waals surface area contributed by atoms with Gasteiger partial charge in [-0.3, -0.25) is 0 Å². The Hall–Kier alpha value is -3.69. The average Bonchev–Trinajstić information content (AvgIpc) is 3.74. The quantitative estimate of drug-likeness (QED) is 0.186. The summed E-state index contributed by atoms with van der Waals surface area (Å²) in [6.45, 7) is 11.8. The molecule has 0 bridgehead atoms. The first-order valence-corrected chi connectivity index (χ1v) is 17.6. The maximum atomic E-state index is 11.3. The lowest BCUT2D eigenvalue weighted by molar-refractivity contribution is -0.118. The molecular formula is C39H53ClN4O5. The summed E-state index contributed by atoms with van der Waals surface area (Å²) in [5, 5.41) is 3.28. The Labute approximate surface area is 297 Å². The molecule has 0 unspecified atom stereocenters. The highest BCUT2D eigenvalue weighted by Crippen LogP contribution is 2.28. The molecule has 2 saturated heterocycles. The smallest absolute Gasteiger partial charge is 0.225 e. The molecule has 6 rings (SSSR count). The van der Waals surface area contributed by atoms with Gasteiger partial charge in [0.2, 0.25) is 5.95 Å². The lowest BCUT2D eigenvalue weighted by atomic mass is 9.86. The van der Waals surface area contributed by atoms with E-state index < -0.39 is 0 Å². The van der Waals surface area contributed by atoms with Gasteiger partial charge in [0.25, 0.3) is 0 Å². The fraction of sp³-hybridized carbons (Fsp3) is 0.538. The zero-order valence-electron chi connectivity index (χ0n) is 29.4. The number of ether oxygens (including phenoxy) is 3. The van der Waals surface area contributed by atoms with Gasteiger partial charge in [0.05, 0.1) is 25.5 Å². The molecule has 4 atom stereocenters. The Bertz CT molecular complexity index is 1440. The Morgan fingerprint density at radius 2 is 1.35 bits per heavy atom. The van der Waals surface area contributed by atoms with E-state index in [1.807, 2.05) is 24.3 Å². The summed E-state index contributed by atoms with van der Waals surface area (Å²) in [4.78, 5) is 33.5. The van der Waals surface area contributed by atoms with Crippen LogP contribution in [0.15, 0.2) is 60.9 Å². The molecule has 3 aliphatic rings. The predicted octanol–water partition coefficient (Wildman–Crippen LogP) is 7.33. The van der Waals surface area contributed by atoms with E-state index in [1.54, 1.807) is 26.2 Å². The minimum absolute atomic E-state index is 0. The molecule has 0 amide bonds. The number of aromatic nitrogens is 2. The fourth-order valence-corrected chi connectivity index (χ4v) is 6.39. The molecule has 1 N–H and O–H groups in total. The molecular weight excluding hydrogens is 640 g/mol. The van der Waals surface area contributed by atoms with E-state index in [0.717, 1.165) is 68.8 Å². The molecule has 49 heavy (non-hydrogen) atoms. The highest BCUT2D eigenvalue weighted by molar-refractivity contribution is 5.85. The number of carbonyl (C=O) groups is 2. The van der Waals surface area contributed by atoms with Gasteiger partial charge >= 0.3 is 0 Å². The monoisotopic (exact) mass is 692 g/mol. The maximum Gasteiger partial charge on any atom is 0.225 e. The molecule has 3 heterocycles. The van der Waals surface area contributed by atoms with Crippen LogP contribution in [0.25, 0.3) is 0 Å². The number of hydrogen-bond acceptors (Lipinski definition) is 9. The second-order valence-corrected chi connectivity index (χ2v) is 13.8. The summed E-state index contributed by atoms with van der Waals surface area (Å²) >= 11 is 0. The van der Waals surface area contributed by atoms with Crippen molar-refractivity contribution < 1.29 is 23.8 Å². The fourth-order valence-electron chi connectivity index (χ4n) is 6.39. The standard InChI is InChI=1S/C24H31N3O3.C15H21NO2.ClH/c1-17(12-18(2)28)20-6-8-21(9-7-20)30-22-10-11-27(15-22)24-25-13-23(14-26-24)29-16-19-4-3-5-19;1-11(9-12(2)17)13-3-5-14(6-4-13)18-15-7-8-16-10-15;/h6-9,13-14,17,19,22H,3-5,10-12,15-16H2,1-2H3;3-6,11,15-16H,7-10H2,1-2H3;1H/t17-,22-;11-,15-;/m11./s1. The van der Waals surface area contributed by atoms with E-state index in [4.69, 9.17) is 14.2 Å². The largest absolute Gasteiger partial charge is 0.490 e. The molecule has 1 aliphatic carbocycles. The second-order valence-electron chi connectivity index (χ2n) is 13.8. The molecule has 266 valence electrons. The van der Waals surface area contributed by atoms with E-state index in [-0.39, 0.29) is 41.9 Å². The predicted molar refractivity (Wildman–Crippen MR) is 196 cm³/mol. The molecule has 0 spiro atoms. The first-order valence-electron chi connectivity index (χ1n) is 17.6. The number of anilines is 1. The van der Waals surface area contributed by atoms with Crippen molar-refractivity contribution in [2.75, 3.05) is 37.7 Å². The normalized spacial score (nSPS) is 19.8. The van der Waals surface area contributed by atoms with E-state index in [2.05, 4.69) is 58.3 Å². The van der Waals surface area contributed by atoms with Crippen LogP contribution in [0.3, 0.4) is 0 Å². The van der Waals surface area contributed by atoms with Crippen LogP contribution in [0.5, 0.6) is 17.2 Å². The third-order valence-electron chi connectivity index (χ3n) is 9.46. The van der Waals surface area contributed by atoms with Crippen LogP contribution < -0.4 is 24.4 Å². The van der Waals surface area contributed by atoms with Crippen molar-refractivity contribution in [1.82, 2.24) is 15.3 Å². The highest BCUT2D eigenvalue weighted by atomic mass is 35.5. The van der Waals surface area contributed by atoms with Crippen LogP contribution in [0.2, 0.25) is 0 Å². The van der Waals surface area contributed by atoms with Gasteiger partial charge in [-0.25, -0.2) is 9.97 Å². The van der Waals surface area contributed by atoms with Crippen molar-refractivity contribution in [3.8, 4) is 17.2 Å². The summed E-state index contributed by atoms with van der Waals surface area (Å²) < 4.78 is 17.8. The summed E-state index contributed by atoms with van der Waals surface area (Å²) in [5.74, 6) is 4.92. The zero-order chi connectivity index (χ0) is 33.9. The first-order chi connectivity index (χ1) is 23.2. The van der Waals surface area contributed by atoms with Gasteiger partial charge < -0.3 is 34.0 Å². The molecule has 2 aliphatic heterocycles. The Balaban J connectivity index is 0.000000244. The molecule has 2 aromatic carbocycles. The summed E-state index contributed by atoms with van der Waals surface area (Å²) in [6, 6.07) is 16.2. The summed E-state index contributed by atoms with van der Waals surface area (Å²) in [5.41, 5.74) is 2.36. The lowest BCUT2D eigenvalue weighted by Crippen LogP contribution is -2.26. The molecule has 9 nitrogen and oxygen atoms in total. The van der Waals surface area contributed by atoms with Crippen LogP contribution in [-0.4, -0.2) is 66.5 Å². The molecule has 0 radical (unpaired) electrons. The number of rotatable bonds is 14. The van der Waals surface area contributed by atoms with Gasteiger partial charge in [-0.2, -0.15) is 0 Å². The number of nitrogens with zero attached hydrogens (tertiary/aromatic N) is 3. The highest BCUT2D eigenvalue weighted by Gasteiger charge is 2.26. The van der Waals surface area contributed by atoms with Crippen LogP contribution in [0, 0.1) is 5.92 Å². The van der Waals surface area contributed by atoms with Crippen LogP contribution in [0.4, 0.5) is 5.95 Å². The SMILES string of the molecule is CC(=O)C[C@@H](C)c1ccc(O[C@@H]2CCN(c3ncc(OCC4CCC4)cn3)C2)cc1.CC(=O)C[C@@H](C)c1ccc(O[C@@H]2CCNC2)cc1.Cl. The number of halogens is 1. The average molecular weight is 693 g/mol. The van der Waals surface area contributed by atoms with E-state index in [9.17, 15) is 9.59 Å². The number of ketones is 2. The molecule has 1 aromatic heterocycles. The van der Waals surface area contributed by atoms with Crippen molar-refractivity contribution in [3.05, 3.63) is 72.1 Å². The van der Waals surface area contributed by atoms with Crippen LogP contribution in [-0.2, 0) is 9.59 Å². The third kappa shape index (κ3) is 12.0. The van der Waals surface area contributed by atoms with Crippen molar-refractivity contribution in [2.45, 2.75) is 96.7 Å². The van der Waals surface area contributed by atoms with Crippen LogP contribution >= 0.6 is 12.4 Å². The molecule has 3 fully saturated rings. The zero-order valence-corrected chi connectivity index (χ0v) is 30.3. The lowest BCUT2D eigenvalue weighted by Gasteiger charge is -2.25. The molecule has 3 aromatic rings. The number of hydrogen-bond donors (Lipinski definition) is 1. The first kappa shape index (κ1) is 38.1. The minimum atomic E-state index is 0. The summed E-state index contributed by atoms with van der Waals surface area (Å²) in [6.07, 6.45) is 11.0. The third-order valence-corrected chi connectivity index (χ3v) is 9.46. The van der Waals surface area contributed by atoms with Crippen molar-refractivity contribution in [2.24, 2.45) is 5.92 Å².